The Balaban J connectivity index is 1.33. The summed E-state index contributed by atoms with van der Waals surface area (Å²) in [4.78, 5) is 20.4. The van der Waals surface area contributed by atoms with Crippen LogP contribution in [0.1, 0.15) is 36.6 Å². The maximum absolute atomic E-state index is 12.1. The summed E-state index contributed by atoms with van der Waals surface area (Å²) in [5.74, 6) is 1.73. The molecule has 3 rings (SSSR count). The Morgan fingerprint density at radius 2 is 2.32 bits per heavy atom. The Labute approximate surface area is 130 Å². The Morgan fingerprint density at radius 1 is 1.41 bits per heavy atom. The van der Waals surface area contributed by atoms with Crippen molar-refractivity contribution in [3.05, 3.63) is 48.3 Å². The maximum atomic E-state index is 12.1. The second-order valence-corrected chi connectivity index (χ2v) is 5.90. The van der Waals surface area contributed by atoms with Crippen molar-refractivity contribution in [1.82, 2.24) is 19.9 Å². The van der Waals surface area contributed by atoms with Crippen molar-refractivity contribution in [2.75, 3.05) is 6.54 Å². The molecule has 0 radical (unpaired) electrons. The highest BCUT2D eigenvalue weighted by Crippen LogP contribution is 2.47. The molecule has 2 atom stereocenters. The van der Waals surface area contributed by atoms with Crippen LogP contribution in [-0.4, -0.2) is 27.0 Å². The van der Waals surface area contributed by atoms with Gasteiger partial charge in [-0.15, -0.1) is 0 Å². The molecule has 0 aromatic carbocycles. The first-order chi connectivity index (χ1) is 10.8. The summed E-state index contributed by atoms with van der Waals surface area (Å²) in [5.41, 5.74) is 1.18. The Morgan fingerprint density at radius 3 is 3.05 bits per heavy atom. The van der Waals surface area contributed by atoms with Crippen LogP contribution >= 0.6 is 0 Å². The van der Waals surface area contributed by atoms with E-state index in [0.29, 0.717) is 5.92 Å². The zero-order chi connectivity index (χ0) is 15.4. The molecule has 22 heavy (non-hydrogen) atoms. The predicted molar refractivity (Wildman–Crippen MR) is 84.3 cm³/mol. The number of nitrogens with zero attached hydrogens (tertiary/aromatic N) is 3. The van der Waals surface area contributed by atoms with Crippen molar-refractivity contribution >= 4 is 5.91 Å². The minimum Gasteiger partial charge on any atom is -0.356 e. The molecule has 2 aromatic heterocycles. The van der Waals surface area contributed by atoms with Crippen LogP contribution in [0.5, 0.6) is 0 Å². The van der Waals surface area contributed by atoms with Gasteiger partial charge in [0.2, 0.25) is 5.91 Å². The summed E-state index contributed by atoms with van der Waals surface area (Å²) in [6, 6.07) is 3.99. The summed E-state index contributed by atoms with van der Waals surface area (Å²) in [6.45, 7) is 3.72. The fourth-order valence-electron chi connectivity index (χ4n) is 2.84. The molecule has 1 saturated carbocycles. The number of unbranched alkanes of at least 4 members (excludes halogenated alkanes) is 1. The lowest BCUT2D eigenvalue weighted by atomic mass is 10.1. The van der Waals surface area contributed by atoms with Crippen molar-refractivity contribution in [2.24, 2.45) is 5.92 Å². The molecule has 2 aromatic rings. The van der Waals surface area contributed by atoms with Gasteiger partial charge in [0.15, 0.2) is 0 Å². The quantitative estimate of drug-likeness (QED) is 0.798. The number of nitrogens with one attached hydrogen (secondary N) is 1. The van der Waals surface area contributed by atoms with E-state index in [2.05, 4.69) is 25.9 Å². The first-order valence-corrected chi connectivity index (χ1v) is 7.91. The monoisotopic (exact) mass is 298 g/mol. The zero-order valence-electron chi connectivity index (χ0n) is 12.9. The number of aromatic nitrogens is 3. The fourth-order valence-corrected chi connectivity index (χ4v) is 2.84. The molecule has 0 bridgehead atoms. The molecule has 0 saturated heterocycles. The minimum atomic E-state index is 0.139. The van der Waals surface area contributed by atoms with Crippen LogP contribution in [0.4, 0.5) is 0 Å². The van der Waals surface area contributed by atoms with Crippen LogP contribution in [0, 0.1) is 12.8 Å². The van der Waals surface area contributed by atoms with Gasteiger partial charge in [-0.2, -0.15) is 0 Å². The molecule has 0 aliphatic heterocycles. The standard InChI is InChI=1S/C17H22N4O/c1-13-19-8-10-21(13)9-3-2-7-20-17(22)16-11-15(16)14-5-4-6-18-12-14/h4-6,8,10,12,15-16H,2-3,7,9,11H2,1H3,(H,20,22)/t15-,16+/m0/s1. The van der Waals surface area contributed by atoms with Gasteiger partial charge in [-0.1, -0.05) is 6.07 Å². The molecule has 116 valence electrons. The van der Waals surface area contributed by atoms with Gasteiger partial charge in [-0.05, 0) is 43.7 Å². The van der Waals surface area contributed by atoms with Gasteiger partial charge >= 0.3 is 0 Å². The molecule has 1 amide bonds. The third kappa shape index (κ3) is 3.53. The third-order valence-electron chi connectivity index (χ3n) is 4.29. The van der Waals surface area contributed by atoms with E-state index in [-0.39, 0.29) is 11.8 Å². The normalized spacial score (nSPS) is 19.9. The van der Waals surface area contributed by atoms with Crippen molar-refractivity contribution in [3.8, 4) is 0 Å². The average Bonchev–Trinajstić information content (AvgIpc) is 3.25. The topological polar surface area (TPSA) is 59.8 Å². The lowest BCUT2D eigenvalue weighted by Crippen LogP contribution is -2.26. The second-order valence-electron chi connectivity index (χ2n) is 5.90. The molecular weight excluding hydrogens is 276 g/mol. The number of amides is 1. The van der Waals surface area contributed by atoms with E-state index < -0.39 is 0 Å². The fraction of sp³-hybridized carbons (Fsp3) is 0.471. The van der Waals surface area contributed by atoms with Crippen LogP contribution < -0.4 is 5.32 Å². The Hall–Kier alpha value is -2.17. The minimum absolute atomic E-state index is 0.139. The Kier molecular flexibility index (Phi) is 4.51. The molecule has 1 aliphatic carbocycles. The van der Waals surface area contributed by atoms with Crippen LogP contribution in [-0.2, 0) is 11.3 Å². The summed E-state index contributed by atoms with van der Waals surface area (Å²) in [6.07, 6.45) is 10.4. The largest absolute Gasteiger partial charge is 0.356 e. The van der Waals surface area contributed by atoms with Gasteiger partial charge in [0.1, 0.15) is 5.82 Å². The lowest BCUT2D eigenvalue weighted by Gasteiger charge is -2.07. The average molecular weight is 298 g/mol. The first kappa shape index (κ1) is 14.8. The highest BCUT2D eigenvalue weighted by atomic mass is 16.2. The van der Waals surface area contributed by atoms with Gasteiger partial charge in [0, 0.05) is 43.8 Å². The Bertz CT molecular complexity index is 623. The van der Waals surface area contributed by atoms with Crippen LogP contribution in [0.2, 0.25) is 0 Å². The number of hydrogen-bond donors (Lipinski definition) is 1. The van der Waals surface area contributed by atoms with Gasteiger partial charge in [0.05, 0.1) is 0 Å². The highest BCUT2D eigenvalue weighted by Gasteiger charge is 2.43. The number of aryl methyl sites for hydroxylation is 2. The smallest absolute Gasteiger partial charge is 0.223 e. The van der Waals surface area contributed by atoms with Gasteiger partial charge in [0.25, 0.3) is 0 Å². The van der Waals surface area contributed by atoms with E-state index in [1.165, 1.54) is 5.56 Å². The number of pyridine rings is 1. The van der Waals surface area contributed by atoms with Crippen molar-refractivity contribution in [3.63, 3.8) is 0 Å². The molecule has 5 heteroatoms. The number of imidazole rings is 1. The lowest BCUT2D eigenvalue weighted by molar-refractivity contribution is -0.122. The molecule has 2 heterocycles. The molecule has 5 nitrogen and oxygen atoms in total. The highest BCUT2D eigenvalue weighted by molar-refractivity contribution is 5.82. The maximum Gasteiger partial charge on any atom is 0.223 e. The van der Waals surface area contributed by atoms with Crippen molar-refractivity contribution in [2.45, 2.75) is 38.6 Å². The second kappa shape index (κ2) is 6.73. The number of rotatable bonds is 7. The van der Waals surface area contributed by atoms with Crippen molar-refractivity contribution < 1.29 is 4.79 Å². The van der Waals surface area contributed by atoms with Gasteiger partial charge < -0.3 is 9.88 Å². The summed E-state index contributed by atoms with van der Waals surface area (Å²) >= 11 is 0. The van der Waals surface area contributed by atoms with E-state index in [1.54, 1.807) is 6.20 Å². The van der Waals surface area contributed by atoms with Crippen LogP contribution in [0.15, 0.2) is 36.9 Å². The van der Waals surface area contributed by atoms with E-state index in [0.717, 1.165) is 38.2 Å². The molecular formula is C17H22N4O. The molecule has 1 N–H and O–H groups in total. The number of carbonyl (C=O) groups excluding carboxylic acids is 1. The van der Waals surface area contributed by atoms with E-state index in [9.17, 15) is 4.79 Å². The van der Waals surface area contributed by atoms with Gasteiger partial charge in [-0.25, -0.2) is 4.98 Å². The molecule has 0 unspecified atom stereocenters. The molecule has 0 spiro atoms. The molecule has 1 fully saturated rings. The van der Waals surface area contributed by atoms with Crippen molar-refractivity contribution in [1.29, 1.82) is 0 Å². The summed E-state index contributed by atoms with van der Waals surface area (Å²) < 4.78 is 2.14. The summed E-state index contributed by atoms with van der Waals surface area (Å²) in [7, 11) is 0. The van der Waals surface area contributed by atoms with E-state index in [1.807, 2.05) is 31.6 Å². The van der Waals surface area contributed by atoms with Crippen LogP contribution in [0.25, 0.3) is 0 Å². The number of hydrogen-bond acceptors (Lipinski definition) is 3. The predicted octanol–water partition coefficient (Wildman–Crippen LogP) is 2.29. The first-order valence-electron chi connectivity index (χ1n) is 7.91. The SMILES string of the molecule is Cc1nccn1CCCCNC(=O)[C@@H]1C[C@H]1c1cccnc1. The zero-order valence-corrected chi connectivity index (χ0v) is 12.9. The summed E-state index contributed by atoms with van der Waals surface area (Å²) in [5, 5.41) is 3.05. The third-order valence-corrected chi connectivity index (χ3v) is 4.29. The van der Waals surface area contributed by atoms with Crippen LogP contribution in [0.3, 0.4) is 0 Å². The van der Waals surface area contributed by atoms with E-state index in [4.69, 9.17) is 0 Å². The van der Waals surface area contributed by atoms with Gasteiger partial charge in [-0.3, -0.25) is 9.78 Å². The molecule has 1 aliphatic rings. The van der Waals surface area contributed by atoms with E-state index >= 15 is 0 Å². The number of carbonyl (C=O) groups is 1.